The van der Waals surface area contributed by atoms with E-state index in [9.17, 15) is 14.0 Å². The maximum Gasteiger partial charge on any atom is 0.341 e. The summed E-state index contributed by atoms with van der Waals surface area (Å²) in [5.41, 5.74) is 0.585. The first kappa shape index (κ1) is 17.7. The number of methoxy groups -OCH3 is 1. The molecule has 0 saturated carbocycles. The van der Waals surface area contributed by atoms with Crippen LogP contribution in [0.1, 0.15) is 15.9 Å². The topological polar surface area (TPSA) is 64.6 Å². The minimum absolute atomic E-state index is 0.168. The number of benzene rings is 2. The van der Waals surface area contributed by atoms with Gasteiger partial charge in [0.15, 0.2) is 6.61 Å². The van der Waals surface area contributed by atoms with Gasteiger partial charge in [-0.2, -0.15) is 0 Å². The summed E-state index contributed by atoms with van der Waals surface area (Å²) in [7, 11) is 1.56. The summed E-state index contributed by atoms with van der Waals surface area (Å²) >= 11 is 5.60. The SMILES string of the molecule is COc1ccc(CNC(=O)COC(=O)c2ccc(Cl)cc2F)cc1. The van der Waals surface area contributed by atoms with Crippen molar-refractivity contribution >= 4 is 23.5 Å². The lowest BCUT2D eigenvalue weighted by atomic mass is 10.2. The third-order valence-electron chi connectivity index (χ3n) is 3.13. The first-order valence-electron chi connectivity index (χ1n) is 7.01. The zero-order chi connectivity index (χ0) is 17.5. The van der Waals surface area contributed by atoms with Gasteiger partial charge >= 0.3 is 5.97 Å². The van der Waals surface area contributed by atoms with Gasteiger partial charge < -0.3 is 14.8 Å². The highest BCUT2D eigenvalue weighted by molar-refractivity contribution is 6.30. The average Bonchev–Trinajstić information content (AvgIpc) is 2.58. The van der Waals surface area contributed by atoms with Gasteiger partial charge in [-0.05, 0) is 35.9 Å². The Morgan fingerprint density at radius 1 is 1.17 bits per heavy atom. The lowest BCUT2D eigenvalue weighted by molar-refractivity contribution is -0.124. The molecular formula is C17H15ClFNO4. The predicted molar refractivity (Wildman–Crippen MR) is 86.5 cm³/mol. The van der Waals surface area contributed by atoms with E-state index in [1.54, 1.807) is 31.4 Å². The van der Waals surface area contributed by atoms with Crippen LogP contribution < -0.4 is 10.1 Å². The van der Waals surface area contributed by atoms with E-state index in [1.807, 2.05) is 0 Å². The number of hydrogen-bond donors (Lipinski definition) is 1. The first-order valence-corrected chi connectivity index (χ1v) is 7.39. The quantitative estimate of drug-likeness (QED) is 0.813. The summed E-state index contributed by atoms with van der Waals surface area (Å²) in [4.78, 5) is 23.4. The van der Waals surface area contributed by atoms with Crippen LogP contribution in [0, 0.1) is 5.82 Å². The fraction of sp³-hybridized carbons (Fsp3) is 0.176. The number of carbonyl (C=O) groups is 2. The number of rotatable bonds is 6. The number of halogens is 2. The van der Waals surface area contributed by atoms with Crippen LogP contribution in [0.4, 0.5) is 4.39 Å². The van der Waals surface area contributed by atoms with E-state index in [1.165, 1.54) is 12.1 Å². The highest BCUT2D eigenvalue weighted by Crippen LogP contribution is 2.15. The van der Waals surface area contributed by atoms with Crippen molar-refractivity contribution in [3.63, 3.8) is 0 Å². The molecule has 0 unspecified atom stereocenters. The molecule has 2 aromatic rings. The smallest absolute Gasteiger partial charge is 0.341 e. The van der Waals surface area contributed by atoms with Gasteiger partial charge in [0, 0.05) is 11.6 Å². The molecule has 0 bridgehead atoms. The van der Waals surface area contributed by atoms with Gasteiger partial charge in [0.1, 0.15) is 11.6 Å². The molecule has 0 aliphatic carbocycles. The number of hydrogen-bond acceptors (Lipinski definition) is 4. The molecule has 2 rings (SSSR count). The predicted octanol–water partition coefficient (Wildman–Crippen LogP) is 2.96. The van der Waals surface area contributed by atoms with E-state index in [0.29, 0.717) is 5.75 Å². The summed E-state index contributed by atoms with van der Waals surface area (Å²) < 4.78 is 23.4. The normalized spacial score (nSPS) is 10.1. The number of esters is 1. The van der Waals surface area contributed by atoms with Crippen LogP contribution in [0.3, 0.4) is 0 Å². The van der Waals surface area contributed by atoms with Gasteiger partial charge in [0.05, 0.1) is 12.7 Å². The second-order valence-corrected chi connectivity index (χ2v) is 5.26. The van der Waals surface area contributed by atoms with E-state index in [-0.39, 0.29) is 17.1 Å². The van der Waals surface area contributed by atoms with Crippen LogP contribution in [0.2, 0.25) is 5.02 Å². The molecule has 0 atom stereocenters. The molecule has 5 nitrogen and oxygen atoms in total. The van der Waals surface area contributed by atoms with Gasteiger partial charge in [-0.1, -0.05) is 23.7 Å². The molecule has 126 valence electrons. The molecule has 1 N–H and O–H groups in total. The number of carbonyl (C=O) groups excluding carboxylic acids is 2. The molecular weight excluding hydrogens is 337 g/mol. The van der Waals surface area contributed by atoms with Crippen molar-refractivity contribution in [1.82, 2.24) is 5.32 Å². The molecule has 0 aliphatic heterocycles. The molecule has 0 aliphatic rings. The molecule has 24 heavy (non-hydrogen) atoms. The Balaban J connectivity index is 1.80. The van der Waals surface area contributed by atoms with Crippen LogP contribution in [0.25, 0.3) is 0 Å². The first-order chi connectivity index (χ1) is 11.5. The third kappa shape index (κ3) is 4.96. The molecule has 0 aromatic heterocycles. The summed E-state index contributed by atoms with van der Waals surface area (Å²) in [6.07, 6.45) is 0. The Labute approximate surface area is 143 Å². The minimum Gasteiger partial charge on any atom is -0.497 e. The standard InChI is InChI=1S/C17H15ClFNO4/c1-23-13-5-2-11(3-6-13)9-20-16(21)10-24-17(22)14-7-4-12(18)8-15(14)19/h2-8H,9-10H2,1H3,(H,20,21). The van der Waals surface area contributed by atoms with Gasteiger partial charge in [0.2, 0.25) is 0 Å². The average molecular weight is 352 g/mol. The Bertz CT molecular complexity index is 734. The van der Waals surface area contributed by atoms with E-state index in [2.05, 4.69) is 5.32 Å². The second kappa shape index (κ2) is 8.31. The summed E-state index contributed by atoms with van der Waals surface area (Å²) in [5, 5.41) is 2.76. The fourth-order valence-corrected chi connectivity index (χ4v) is 2.02. The number of amides is 1. The van der Waals surface area contributed by atoms with Crippen LogP contribution in [0.5, 0.6) is 5.75 Å². The molecule has 0 fully saturated rings. The van der Waals surface area contributed by atoms with Crippen LogP contribution in [-0.4, -0.2) is 25.6 Å². The zero-order valence-corrected chi connectivity index (χ0v) is 13.6. The van der Waals surface area contributed by atoms with Crippen LogP contribution >= 0.6 is 11.6 Å². The van der Waals surface area contributed by atoms with Crippen molar-refractivity contribution in [3.05, 3.63) is 64.4 Å². The van der Waals surface area contributed by atoms with Gasteiger partial charge in [-0.25, -0.2) is 9.18 Å². The maximum absolute atomic E-state index is 13.6. The van der Waals surface area contributed by atoms with Crippen molar-refractivity contribution in [3.8, 4) is 5.75 Å². The molecule has 2 aromatic carbocycles. The maximum atomic E-state index is 13.6. The van der Waals surface area contributed by atoms with E-state index >= 15 is 0 Å². The van der Waals surface area contributed by atoms with Gasteiger partial charge in [0.25, 0.3) is 5.91 Å². The van der Waals surface area contributed by atoms with Gasteiger partial charge in [-0.3, -0.25) is 4.79 Å². The highest BCUT2D eigenvalue weighted by Gasteiger charge is 2.15. The molecule has 0 radical (unpaired) electrons. The molecule has 0 saturated heterocycles. The van der Waals surface area contributed by atoms with E-state index in [4.69, 9.17) is 21.1 Å². The zero-order valence-electron chi connectivity index (χ0n) is 12.8. The Kier molecular flexibility index (Phi) is 6.14. The minimum atomic E-state index is -0.927. The van der Waals surface area contributed by atoms with Crippen molar-refractivity contribution in [1.29, 1.82) is 0 Å². The Hall–Kier alpha value is -2.60. The monoisotopic (exact) mass is 351 g/mol. The third-order valence-corrected chi connectivity index (χ3v) is 3.37. The summed E-state index contributed by atoms with van der Waals surface area (Å²) in [6, 6.07) is 10.7. The van der Waals surface area contributed by atoms with E-state index < -0.39 is 24.3 Å². The van der Waals surface area contributed by atoms with Crippen molar-refractivity contribution < 1.29 is 23.5 Å². The Morgan fingerprint density at radius 2 is 1.88 bits per heavy atom. The molecule has 1 amide bonds. The van der Waals surface area contributed by atoms with Crippen molar-refractivity contribution in [2.45, 2.75) is 6.54 Å². The molecule has 0 heterocycles. The van der Waals surface area contributed by atoms with E-state index in [0.717, 1.165) is 11.6 Å². The highest BCUT2D eigenvalue weighted by atomic mass is 35.5. The van der Waals surface area contributed by atoms with Crippen molar-refractivity contribution in [2.75, 3.05) is 13.7 Å². The fourth-order valence-electron chi connectivity index (χ4n) is 1.86. The lowest BCUT2D eigenvalue weighted by Crippen LogP contribution is -2.28. The van der Waals surface area contributed by atoms with Gasteiger partial charge in [-0.15, -0.1) is 0 Å². The summed E-state index contributed by atoms with van der Waals surface area (Å²) in [5.74, 6) is -1.51. The largest absolute Gasteiger partial charge is 0.497 e. The number of nitrogens with one attached hydrogen (secondary N) is 1. The second-order valence-electron chi connectivity index (χ2n) is 4.83. The lowest BCUT2D eigenvalue weighted by Gasteiger charge is -2.08. The number of ether oxygens (including phenoxy) is 2. The molecule has 7 heteroatoms. The molecule has 0 spiro atoms. The van der Waals surface area contributed by atoms with Crippen molar-refractivity contribution in [2.24, 2.45) is 0 Å². The Morgan fingerprint density at radius 3 is 2.50 bits per heavy atom. The van der Waals surface area contributed by atoms with Crippen LogP contribution in [0.15, 0.2) is 42.5 Å². The van der Waals surface area contributed by atoms with Crippen LogP contribution in [-0.2, 0) is 16.1 Å². The summed E-state index contributed by atoms with van der Waals surface area (Å²) in [6.45, 7) is -0.229.